The van der Waals surface area contributed by atoms with Crippen LogP contribution >= 0.6 is 0 Å². The number of hydrogen-bond acceptors (Lipinski definition) is 4. The molecule has 1 aromatic rings. The Morgan fingerprint density at radius 3 is 2.42 bits per heavy atom. The van der Waals surface area contributed by atoms with Gasteiger partial charge in [-0.2, -0.15) is 13.2 Å². The lowest BCUT2D eigenvalue weighted by Gasteiger charge is -2.23. The van der Waals surface area contributed by atoms with Gasteiger partial charge in [0, 0.05) is 7.11 Å². The maximum Gasteiger partial charge on any atom is 0.398 e. The van der Waals surface area contributed by atoms with E-state index in [-0.39, 0.29) is 13.0 Å². The fraction of sp³-hybridized carbons (Fsp3) is 0.471. The van der Waals surface area contributed by atoms with Gasteiger partial charge in [0.25, 0.3) is 0 Å². The van der Waals surface area contributed by atoms with E-state index in [4.69, 9.17) is 4.74 Å². The number of benzene rings is 1. The van der Waals surface area contributed by atoms with E-state index in [2.05, 4.69) is 9.47 Å². The average Bonchev–Trinajstić information content (AvgIpc) is 2.56. The Morgan fingerprint density at radius 1 is 1.21 bits per heavy atom. The molecule has 2 atom stereocenters. The smallest absolute Gasteiger partial charge is 0.398 e. The first kappa shape index (κ1) is 20.2. The van der Waals surface area contributed by atoms with Crippen LogP contribution in [0.2, 0.25) is 0 Å². The Bertz CT molecular complexity index is 514. The van der Waals surface area contributed by atoms with E-state index in [1.165, 1.54) is 6.08 Å². The van der Waals surface area contributed by atoms with E-state index in [9.17, 15) is 18.0 Å². The molecule has 4 nitrogen and oxygen atoms in total. The van der Waals surface area contributed by atoms with E-state index in [0.29, 0.717) is 6.61 Å². The molecule has 134 valence electrons. The van der Waals surface area contributed by atoms with Gasteiger partial charge in [0.2, 0.25) is 0 Å². The van der Waals surface area contributed by atoms with Crippen molar-refractivity contribution in [3.8, 4) is 0 Å². The predicted octanol–water partition coefficient (Wildman–Crippen LogP) is 3.52. The third-order valence-corrected chi connectivity index (χ3v) is 3.28. The molecule has 0 radical (unpaired) electrons. The predicted molar refractivity (Wildman–Crippen MR) is 82.2 cm³/mol. The molecule has 0 heterocycles. The molecule has 1 aromatic carbocycles. The van der Waals surface area contributed by atoms with Crippen molar-refractivity contribution in [3.63, 3.8) is 0 Å². The van der Waals surface area contributed by atoms with Crippen LogP contribution in [0.3, 0.4) is 0 Å². The van der Waals surface area contributed by atoms with E-state index >= 15 is 0 Å². The number of halogens is 3. The lowest BCUT2D eigenvalue weighted by molar-refractivity contribution is -0.200. The number of esters is 1. The van der Waals surface area contributed by atoms with Crippen LogP contribution in [0.1, 0.15) is 12.0 Å². The Hall–Kier alpha value is -1.86. The highest BCUT2D eigenvalue weighted by Gasteiger charge is 2.46. The molecule has 1 rings (SSSR count). The molecule has 0 aliphatic carbocycles. The molecule has 7 heteroatoms. The summed E-state index contributed by atoms with van der Waals surface area (Å²) >= 11 is 0. The van der Waals surface area contributed by atoms with Crippen molar-refractivity contribution in [2.24, 2.45) is 5.92 Å². The standard InChI is InChI=1S/C17H21F3O4/c1-22-15(16(21)23-2)14(17(18,19)20)10-6-7-11-24-12-13-8-4-3-5-9-13/h3-6,8-10,14-15H,7,11-12H2,1-2H3/b10-6+/t14-,15-/m0/s1. The molecule has 0 N–H and O–H groups in total. The first-order chi connectivity index (χ1) is 11.4. The second-order valence-corrected chi connectivity index (χ2v) is 5.00. The highest BCUT2D eigenvalue weighted by atomic mass is 19.4. The molecule has 24 heavy (non-hydrogen) atoms. The molecule has 0 fully saturated rings. The Balaban J connectivity index is 2.51. The van der Waals surface area contributed by atoms with Crippen LogP contribution in [0.15, 0.2) is 42.5 Å². The zero-order valence-corrected chi connectivity index (χ0v) is 13.6. The Kier molecular flexibility index (Phi) is 8.49. The average molecular weight is 346 g/mol. The van der Waals surface area contributed by atoms with E-state index < -0.39 is 24.2 Å². The van der Waals surface area contributed by atoms with Crippen LogP contribution in [0, 0.1) is 5.92 Å². The summed E-state index contributed by atoms with van der Waals surface area (Å²) in [4.78, 5) is 11.4. The summed E-state index contributed by atoms with van der Waals surface area (Å²) in [5, 5.41) is 0. The summed E-state index contributed by atoms with van der Waals surface area (Å²) in [6, 6.07) is 9.44. The van der Waals surface area contributed by atoms with Gasteiger partial charge in [-0.05, 0) is 12.0 Å². The summed E-state index contributed by atoms with van der Waals surface area (Å²) in [6.45, 7) is 0.659. The summed E-state index contributed by atoms with van der Waals surface area (Å²) in [7, 11) is 2.06. The molecule has 0 aliphatic rings. The third kappa shape index (κ3) is 6.72. The Morgan fingerprint density at radius 2 is 1.88 bits per heavy atom. The molecular formula is C17H21F3O4. The molecule has 0 bridgehead atoms. The van der Waals surface area contributed by atoms with Gasteiger partial charge in [0.05, 0.1) is 20.3 Å². The number of hydrogen-bond donors (Lipinski definition) is 0. The van der Waals surface area contributed by atoms with Gasteiger partial charge in [-0.3, -0.25) is 0 Å². The maximum absolute atomic E-state index is 13.1. The van der Waals surface area contributed by atoms with Crippen LogP contribution in [0.4, 0.5) is 13.2 Å². The number of rotatable bonds is 9. The van der Waals surface area contributed by atoms with Gasteiger partial charge >= 0.3 is 12.1 Å². The Labute approximate surface area is 139 Å². The summed E-state index contributed by atoms with van der Waals surface area (Å²) in [6.07, 6.45) is -3.81. The van der Waals surface area contributed by atoms with Gasteiger partial charge in [0.15, 0.2) is 6.10 Å². The molecule has 0 amide bonds. The fourth-order valence-corrected chi connectivity index (χ4v) is 2.05. The van der Waals surface area contributed by atoms with Crippen molar-refractivity contribution in [1.29, 1.82) is 0 Å². The minimum Gasteiger partial charge on any atom is -0.467 e. The molecule has 0 saturated carbocycles. The summed E-state index contributed by atoms with van der Waals surface area (Å²) in [5.41, 5.74) is 0.986. The number of carbonyl (C=O) groups excluding carboxylic acids is 1. The molecule has 0 aliphatic heterocycles. The molecule has 0 aromatic heterocycles. The van der Waals surface area contributed by atoms with Gasteiger partial charge in [-0.25, -0.2) is 4.79 Å². The third-order valence-electron chi connectivity index (χ3n) is 3.28. The second-order valence-electron chi connectivity index (χ2n) is 5.00. The molecule has 0 unspecified atom stereocenters. The van der Waals surface area contributed by atoms with Gasteiger partial charge in [-0.1, -0.05) is 42.5 Å². The molecular weight excluding hydrogens is 325 g/mol. The number of ether oxygens (including phenoxy) is 3. The fourth-order valence-electron chi connectivity index (χ4n) is 2.05. The number of alkyl halides is 3. The monoisotopic (exact) mass is 346 g/mol. The number of methoxy groups -OCH3 is 2. The minimum atomic E-state index is -4.61. The van der Waals surface area contributed by atoms with Crippen LogP contribution in [0.5, 0.6) is 0 Å². The van der Waals surface area contributed by atoms with E-state index in [1.54, 1.807) is 0 Å². The van der Waals surface area contributed by atoms with Gasteiger partial charge in [0.1, 0.15) is 5.92 Å². The zero-order chi connectivity index (χ0) is 18.0. The maximum atomic E-state index is 13.1. The lowest BCUT2D eigenvalue weighted by atomic mass is 10.0. The normalized spacial score (nSPS) is 14.5. The van der Waals surface area contributed by atoms with Gasteiger partial charge < -0.3 is 14.2 Å². The van der Waals surface area contributed by atoms with E-state index in [0.717, 1.165) is 25.9 Å². The molecule has 0 saturated heterocycles. The highest BCUT2D eigenvalue weighted by molar-refractivity contribution is 5.75. The zero-order valence-electron chi connectivity index (χ0n) is 13.6. The van der Waals surface area contributed by atoms with Crippen LogP contribution in [-0.4, -0.2) is 39.1 Å². The van der Waals surface area contributed by atoms with Crippen LogP contribution < -0.4 is 0 Å². The van der Waals surface area contributed by atoms with Crippen LogP contribution in [-0.2, 0) is 25.6 Å². The summed E-state index contributed by atoms with van der Waals surface area (Å²) < 4.78 is 53.6. The van der Waals surface area contributed by atoms with E-state index in [1.807, 2.05) is 30.3 Å². The van der Waals surface area contributed by atoms with Crippen molar-refractivity contribution in [2.45, 2.75) is 25.3 Å². The van der Waals surface area contributed by atoms with Crippen molar-refractivity contribution >= 4 is 5.97 Å². The quantitative estimate of drug-likeness (QED) is 0.390. The van der Waals surface area contributed by atoms with Crippen molar-refractivity contribution in [2.75, 3.05) is 20.8 Å². The lowest BCUT2D eigenvalue weighted by Crippen LogP contribution is -2.40. The highest BCUT2D eigenvalue weighted by Crippen LogP contribution is 2.32. The first-order valence-electron chi connectivity index (χ1n) is 7.35. The SMILES string of the molecule is COC(=O)[C@@H](OC)[C@H](/C=C/CCOCc1ccccc1)C(F)(F)F. The summed E-state index contributed by atoms with van der Waals surface area (Å²) in [5.74, 6) is -3.13. The first-order valence-corrected chi connectivity index (χ1v) is 7.35. The van der Waals surface area contributed by atoms with Crippen molar-refractivity contribution < 1.29 is 32.2 Å². The van der Waals surface area contributed by atoms with Crippen LogP contribution in [0.25, 0.3) is 0 Å². The largest absolute Gasteiger partial charge is 0.467 e. The molecule has 0 spiro atoms. The second kappa shape index (κ2) is 10.1. The topological polar surface area (TPSA) is 44.8 Å². The van der Waals surface area contributed by atoms with Crippen molar-refractivity contribution in [3.05, 3.63) is 48.0 Å². The van der Waals surface area contributed by atoms with Crippen molar-refractivity contribution in [1.82, 2.24) is 0 Å². The van der Waals surface area contributed by atoms with Gasteiger partial charge in [-0.15, -0.1) is 0 Å². The number of carbonyl (C=O) groups is 1. The minimum absolute atomic E-state index is 0.270.